The number of hydrogen-bond acceptors (Lipinski definition) is 0. The molecule has 1 aliphatic carbocycles. The number of allylic oxidation sites excluding steroid dienone is 2. The van der Waals surface area contributed by atoms with Crippen molar-refractivity contribution < 1.29 is 0 Å². The molecule has 0 aromatic carbocycles. The molecule has 1 aliphatic rings. The predicted octanol–water partition coefficient (Wildman–Crippen LogP) is 2.95. The van der Waals surface area contributed by atoms with Gasteiger partial charge in [0.05, 0.1) is 0 Å². The molecule has 78 valence electrons. The summed E-state index contributed by atoms with van der Waals surface area (Å²) in [6, 6.07) is 0. The summed E-state index contributed by atoms with van der Waals surface area (Å²) < 4.78 is 0. The Bertz CT molecular complexity index is 231. The van der Waals surface area contributed by atoms with Crippen LogP contribution in [0.25, 0.3) is 0 Å². The fourth-order valence-corrected chi connectivity index (χ4v) is 2.57. The molecule has 1 rings (SSSR count). The molecule has 4 unspecified atom stereocenters. The molecule has 0 aromatic heterocycles. The molecule has 0 saturated heterocycles. The van der Waals surface area contributed by atoms with Crippen LogP contribution >= 0.6 is 0 Å². The van der Waals surface area contributed by atoms with Crippen LogP contribution in [0.15, 0.2) is 12.2 Å². The molecule has 0 aromatic rings. The van der Waals surface area contributed by atoms with Crippen LogP contribution in [0, 0.1) is 23.2 Å². The van der Waals surface area contributed by atoms with E-state index in [1.165, 1.54) is 6.42 Å². The summed E-state index contributed by atoms with van der Waals surface area (Å²) >= 11 is 0. The van der Waals surface area contributed by atoms with Crippen LogP contribution in [0.4, 0.5) is 0 Å². The Kier molecular flexibility index (Phi) is 3.75. The van der Waals surface area contributed by atoms with E-state index in [4.69, 9.17) is 0 Å². The fourth-order valence-electron chi connectivity index (χ4n) is 2.57. The van der Waals surface area contributed by atoms with Crippen molar-refractivity contribution in [2.24, 2.45) is 23.2 Å². The summed E-state index contributed by atoms with van der Waals surface area (Å²) in [5.41, 5.74) is 0.224. The Balaban J connectivity index is 2.70. The van der Waals surface area contributed by atoms with E-state index in [9.17, 15) is 0 Å². The van der Waals surface area contributed by atoms with Gasteiger partial charge in [0.1, 0.15) is 0 Å². The zero-order chi connectivity index (χ0) is 10.8. The Morgan fingerprint density at radius 1 is 1.43 bits per heavy atom. The molecule has 0 heterocycles. The van der Waals surface area contributed by atoms with Gasteiger partial charge in [-0.1, -0.05) is 0 Å². The van der Waals surface area contributed by atoms with Crippen LogP contribution in [0.2, 0.25) is 0 Å². The predicted molar refractivity (Wildman–Crippen MR) is 67.2 cm³/mol. The van der Waals surface area contributed by atoms with Crippen molar-refractivity contribution in [1.29, 1.82) is 0 Å². The molecule has 1 fully saturated rings. The summed E-state index contributed by atoms with van der Waals surface area (Å²) in [6.45, 7) is 9.24. The minimum absolute atomic E-state index is 0.224. The quantitative estimate of drug-likeness (QED) is 0.472. The van der Waals surface area contributed by atoms with Crippen molar-refractivity contribution in [2.45, 2.75) is 40.5 Å². The standard InChI is InChI=1S/C13H23B/c1-5-6-7-13(4,9-14)12-8-10(2)11(12)3/h6-7,9-12,14H,5,8H2,1-4H3/b7-6-. The van der Waals surface area contributed by atoms with Gasteiger partial charge in [-0.3, -0.25) is 0 Å². The zero-order valence-electron chi connectivity index (χ0n) is 10.1. The third-order valence-corrected chi connectivity index (χ3v) is 4.11. The molecule has 0 radical (unpaired) electrons. The van der Waals surface area contributed by atoms with Crippen LogP contribution in [0.5, 0.6) is 0 Å². The van der Waals surface area contributed by atoms with Gasteiger partial charge in [0, 0.05) is 0 Å². The van der Waals surface area contributed by atoms with Crippen LogP contribution < -0.4 is 0 Å². The average molecular weight is 190 g/mol. The average Bonchev–Trinajstić information content (AvgIpc) is 2.22. The van der Waals surface area contributed by atoms with Gasteiger partial charge in [0.25, 0.3) is 0 Å². The van der Waals surface area contributed by atoms with Crippen molar-refractivity contribution in [3.8, 4) is 0 Å². The van der Waals surface area contributed by atoms with Crippen molar-refractivity contribution in [3.63, 3.8) is 0 Å². The number of rotatable bonds is 4. The molecular formula is C13H23B. The van der Waals surface area contributed by atoms with E-state index >= 15 is 0 Å². The SMILES string of the molecule is B=CC(C)(/C=C\CC)C1CC(C)C1C. The van der Waals surface area contributed by atoms with Crippen molar-refractivity contribution in [2.75, 3.05) is 0 Å². The monoisotopic (exact) mass is 190 g/mol. The molecule has 0 bridgehead atoms. The molecule has 0 nitrogen and oxygen atoms in total. The summed E-state index contributed by atoms with van der Waals surface area (Å²) in [4.78, 5) is 0. The Morgan fingerprint density at radius 2 is 2.07 bits per heavy atom. The van der Waals surface area contributed by atoms with Gasteiger partial charge >= 0.3 is 89.3 Å². The molecule has 1 saturated carbocycles. The molecule has 0 spiro atoms. The minimum atomic E-state index is 0.224. The van der Waals surface area contributed by atoms with Crippen LogP contribution in [0.1, 0.15) is 40.5 Å². The van der Waals surface area contributed by atoms with Gasteiger partial charge < -0.3 is 0 Å². The summed E-state index contributed by atoms with van der Waals surface area (Å²) in [7, 11) is 4.00. The molecular weight excluding hydrogens is 167 g/mol. The van der Waals surface area contributed by atoms with Gasteiger partial charge in [-0.15, -0.1) is 0 Å². The molecule has 4 atom stereocenters. The van der Waals surface area contributed by atoms with Crippen molar-refractivity contribution in [1.82, 2.24) is 0 Å². The second kappa shape index (κ2) is 4.46. The summed E-state index contributed by atoms with van der Waals surface area (Å²) in [6.07, 6.45) is 7.11. The van der Waals surface area contributed by atoms with Gasteiger partial charge in [0.2, 0.25) is 0 Å². The van der Waals surface area contributed by atoms with Gasteiger partial charge in [-0.2, -0.15) is 0 Å². The number of hydrogen-bond donors (Lipinski definition) is 0. The van der Waals surface area contributed by atoms with E-state index in [1.54, 1.807) is 0 Å². The molecule has 0 amide bonds. The van der Waals surface area contributed by atoms with E-state index in [-0.39, 0.29) is 5.41 Å². The first-order valence-electron chi connectivity index (χ1n) is 5.86. The van der Waals surface area contributed by atoms with E-state index in [0.717, 1.165) is 24.2 Å². The Labute approximate surface area is 89.9 Å². The van der Waals surface area contributed by atoms with E-state index in [1.807, 2.05) is 0 Å². The topological polar surface area (TPSA) is 0 Å². The molecule has 1 heteroatoms. The Morgan fingerprint density at radius 3 is 2.43 bits per heavy atom. The van der Waals surface area contributed by atoms with Gasteiger partial charge in [-0.05, 0) is 0 Å². The van der Waals surface area contributed by atoms with E-state index in [2.05, 4.69) is 53.3 Å². The second-order valence-corrected chi connectivity index (χ2v) is 5.06. The van der Waals surface area contributed by atoms with E-state index < -0.39 is 0 Å². The third-order valence-electron chi connectivity index (χ3n) is 4.11. The Hall–Kier alpha value is -0.325. The van der Waals surface area contributed by atoms with Crippen LogP contribution in [-0.2, 0) is 0 Å². The fraction of sp³-hybridized carbons (Fsp3) is 0.769. The first-order chi connectivity index (χ1) is 6.55. The van der Waals surface area contributed by atoms with Crippen LogP contribution in [0.3, 0.4) is 0 Å². The maximum absolute atomic E-state index is 4.00. The molecule has 0 N–H and O–H groups in total. The summed E-state index contributed by atoms with van der Waals surface area (Å²) in [5, 5.41) is 0. The van der Waals surface area contributed by atoms with Gasteiger partial charge in [-0.25, -0.2) is 0 Å². The summed E-state index contributed by atoms with van der Waals surface area (Å²) in [5.74, 6) is 4.68. The molecule has 14 heavy (non-hydrogen) atoms. The van der Waals surface area contributed by atoms with Gasteiger partial charge in [0.15, 0.2) is 0 Å². The maximum atomic E-state index is 4.00. The first kappa shape index (κ1) is 11.7. The van der Waals surface area contributed by atoms with Crippen molar-refractivity contribution >= 4 is 13.5 Å². The van der Waals surface area contributed by atoms with Crippen molar-refractivity contribution in [3.05, 3.63) is 12.2 Å². The zero-order valence-corrected chi connectivity index (χ0v) is 10.1. The second-order valence-electron chi connectivity index (χ2n) is 5.06. The normalized spacial score (nSPS) is 36.4. The molecule has 0 aliphatic heterocycles. The first-order valence-corrected chi connectivity index (χ1v) is 5.86. The van der Waals surface area contributed by atoms with Crippen LogP contribution in [-0.4, -0.2) is 13.5 Å². The van der Waals surface area contributed by atoms with E-state index in [0.29, 0.717) is 0 Å². The third kappa shape index (κ3) is 2.02.